The fourth-order valence-corrected chi connectivity index (χ4v) is 2.95. The molecule has 1 heterocycles. The van der Waals surface area contributed by atoms with E-state index in [4.69, 9.17) is 0 Å². The highest BCUT2D eigenvalue weighted by Gasteiger charge is 2.34. The van der Waals surface area contributed by atoms with Gasteiger partial charge in [-0.15, -0.1) is 0 Å². The molecular weight excluding hydrogens is 289 g/mol. The molecule has 0 aliphatic rings. The van der Waals surface area contributed by atoms with Crippen LogP contribution in [0, 0.1) is 0 Å². The van der Waals surface area contributed by atoms with Crippen molar-refractivity contribution in [1.82, 2.24) is 4.98 Å². The van der Waals surface area contributed by atoms with E-state index in [1.54, 1.807) is 13.8 Å². The van der Waals surface area contributed by atoms with Crippen LogP contribution in [-0.2, 0) is 5.41 Å². The first-order chi connectivity index (χ1) is 8.95. The Morgan fingerprint density at radius 3 is 2.15 bits per heavy atom. The molecule has 0 spiro atoms. The molecule has 0 atom stereocenters. The number of alkyl halides is 3. The summed E-state index contributed by atoms with van der Waals surface area (Å²) >= 11 is 1.01. The Morgan fingerprint density at radius 2 is 1.85 bits per heavy atom. The van der Waals surface area contributed by atoms with E-state index in [1.807, 2.05) is 20.8 Å². The lowest BCUT2D eigenvalue weighted by Gasteiger charge is -2.27. The molecule has 114 valence electrons. The van der Waals surface area contributed by atoms with Gasteiger partial charge >= 0.3 is 6.18 Å². The number of hydrogen-bond donors (Lipinski definition) is 0. The highest BCUT2D eigenvalue weighted by atomic mass is 32.1. The Balaban J connectivity index is 3.22. The second-order valence-electron chi connectivity index (χ2n) is 5.91. The number of rotatable bonds is 4. The molecule has 0 unspecified atom stereocenters. The molecule has 0 bridgehead atoms. The third-order valence-corrected chi connectivity index (χ3v) is 3.70. The van der Waals surface area contributed by atoms with Crippen LogP contribution in [-0.4, -0.2) is 30.0 Å². The van der Waals surface area contributed by atoms with Crippen LogP contribution in [0.15, 0.2) is 0 Å². The van der Waals surface area contributed by atoms with Crippen LogP contribution in [0.2, 0.25) is 0 Å². The number of carbonyl (C=O) groups is 1. The molecule has 0 N–H and O–H groups in total. The van der Waals surface area contributed by atoms with Gasteiger partial charge in [0.2, 0.25) is 0 Å². The molecule has 0 amide bonds. The average Bonchev–Trinajstić information content (AvgIpc) is 2.67. The number of halogens is 3. The normalized spacial score (nSPS) is 12.8. The molecule has 0 saturated heterocycles. The van der Waals surface area contributed by atoms with Crippen molar-refractivity contribution in [2.75, 3.05) is 11.4 Å². The zero-order valence-electron chi connectivity index (χ0n) is 12.2. The largest absolute Gasteiger partial charge is 0.406 e. The molecule has 7 heteroatoms. The maximum Gasteiger partial charge on any atom is 0.406 e. The fourth-order valence-electron chi connectivity index (χ4n) is 1.72. The number of anilines is 1. The monoisotopic (exact) mass is 308 g/mol. The maximum atomic E-state index is 12.6. The average molecular weight is 308 g/mol. The Labute approximate surface area is 120 Å². The zero-order valence-corrected chi connectivity index (χ0v) is 13.0. The molecular formula is C13H19F3N2OS. The minimum Gasteiger partial charge on any atom is -0.337 e. The van der Waals surface area contributed by atoms with Gasteiger partial charge in [-0.1, -0.05) is 32.1 Å². The van der Waals surface area contributed by atoms with Gasteiger partial charge in [-0.3, -0.25) is 4.79 Å². The minimum atomic E-state index is -4.31. The molecule has 20 heavy (non-hydrogen) atoms. The molecule has 1 aromatic rings. The van der Waals surface area contributed by atoms with Crippen LogP contribution in [0.25, 0.3) is 0 Å². The maximum absolute atomic E-state index is 12.6. The molecule has 0 fully saturated rings. The highest BCUT2D eigenvalue weighted by molar-refractivity contribution is 7.17. The van der Waals surface area contributed by atoms with E-state index in [-0.39, 0.29) is 16.6 Å². The van der Waals surface area contributed by atoms with Crippen molar-refractivity contribution in [2.24, 2.45) is 0 Å². The van der Waals surface area contributed by atoms with Gasteiger partial charge in [-0.05, 0) is 13.8 Å². The van der Waals surface area contributed by atoms with Gasteiger partial charge in [0.1, 0.15) is 6.54 Å². The fraction of sp³-hybridized carbons (Fsp3) is 0.692. The van der Waals surface area contributed by atoms with Crippen molar-refractivity contribution < 1.29 is 18.0 Å². The van der Waals surface area contributed by atoms with Gasteiger partial charge in [0, 0.05) is 11.5 Å². The standard InChI is InChI=1S/C13H19F3N2OS/c1-8(2)18(7-13(14,15)16)11-17-10(12(3,4)5)9(6-19)20-11/h6,8H,7H2,1-5H3. The topological polar surface area (TPSA) is 33.2 Å². The summed E-state index contributed by atoms with van der Waals surface area (Å²) < 4.78 is 37.9. The van der Waals surface area contributed by atoms with E-state index in [0.717, 1.165) is 11.3 Å². The molecule has 0 radical (unpaired) electrons. The van der Waals surface area contributed by atoms with Crippen molar-refractivity contribution >= 4 is 22.8 Å². The third kappa shape index (κ3) is 4.19. The van der Waals surface area contributed by atoms with Gasteiger partial charge in [-0.2, -0.15) is 13.2 Å². The van der Waals surface area contributed by atoms with Crippen LogP contribution >= 0.6 is 11.3 Å². The highest BCUT2D eigenvalue weighted by Crippen LogP contribution is 2.34. The van der Waals surface area contributed by atoms with E-state index >= 15 is 0 Å². The van der Waals surface area contributed by atoms with Crippen molar-refractivity contribution in [1.29, 1.82) is 0 Å². The number of aromatic nitrogens is 1. The first kappa shape index (κ1) is 16.9. The Hall–Kier alpha value is -1.11. The summed E-state index contributed by atoms with van der Waals surface area (Å²) in [5.41, 5.74) is 0.159. The summed E-state index contributed by atoms with van der Waals surface area (Å²) in [6.45, 7) is 7.90. The Kier molecular flexibility index (Phi) is 4.84. The number of aldehydes is 1. The van der Waals surface area contributed by atoms with Crippen LogP contribution in [0.4, 0.5) is 18.3 Å². The summed E-state index contributed by atoms with van der Waals surface area (Å²) in [5, 5.41) is 0.240. The van der Waals surface area contributed by atoms with Crippen LogP contribution in [0.3, 0.4) is 0 Å². The minimum absolute atomic E-state index is 0.240. The van der Waals surface area contributed by atoms with Gasteiger partial charge in [0.15, 0.2) is 11.4 Å². The van der Waals surface area contributed by atoms with Crippen molar-refractivity contribution in [2.45, 2.75) is 52.3 Å². The van der Waals surface area contributed by atoms with E-state index in [1.165, 1.54) is 4.90 Å². The summed E-state index contributed by atoms with van der Waals surface area (Å²) in [5.74, 6) is 0. The first-order valence-electron chi connectivity index (χ1n) is 6.25. The number of hydrogen-bond acceptors (Lipinski definition) is 4. The van der Waals surface area contributed by atoms with Crippen molar-refractivity contribution in [3.8, 4) is 0 Å². The molecule has 1 rings (SSSR count). The molecule has 3 nitrogen and oxygen atoms in total. The molecule has 0 aliphatic heterocycles. The van der Waals surface area contributed by atoms with Gasteiger partial charge in [0.25, 0.3) is 0 Å². The smallest absolute Gasteiger partial charge is 0.337 e. The molecule has 1 aromatic heterocycles. The first-order valence-corrected chi connectivity index (χ1v) is 7.07. The lowest BCUT2D eigenvalue weighted by Crippen LogP contribution is -2.39. The number of nitrogens with zero attached hydrogens (tertiary/aromatic N) is 2. The van der Waals surface area contributed by atoms with Crippen LogP contribution in [0.5, 0.6) is 0 Å². The second-order valence-corrected chi connectivity index (χ2v) is 6.92. The Morgan fingerprint density at radius 1 is 1.30 bits per heavy atom. The summed E-state index contributed by atoms with van der Waals surface area (Å²) in [6, 6.07) is -0.352. The lowest BCUT2D eigenvalue weighted by molar-refractivity contribution is -0.120. The SMILES string of the molecule is CC(C)N(CC(F)(F)F)c1nc(C(C)(C)C)c(C=O)s1. The van der Waals surface area contributed by atoms with E-state index in [9.17, 15) is 18.0 Å². The molecule has 0 saturated carbocycles. The lowest BCUT2D eigenvalue weighted by atomic mass is 9.91. The van der Waals surface area contributed by atoms with Gasteiger partial charge in [-0.25, -0.2) is 4.98 Å². The second kappa shape index (κ2) is 5.71. The molecule has 0 aromatic carbocycles. The number of thiazole rings is 1. The van der Waals surface area contributed by atoms with E-state index in [0.29, 0.717) is 16.9 Å². The van der Waals surface area contributed by atoms with Crippen LogP contribution < -0.4 is 4.90 Å². The predicted molar refractivity (Wildman–Crippen MR) is 74.7 cm³/mol. The summed E-state index contributed by atoms with van der Waals surface area (Å²) in [4.78, 5) is 16.9. The number of carbonyl (C=O) groups excluding carboxylic acids is 1. The third-order valence-electron chi connectivity index (χ3n) is 2.68. The van der Waals surface area contributed by atoms with Crippen molar-refractivity contribution in [3.05, 3.63) is 10.6 Å². The van der Waals surface area contributed by atoms with Crippen LogP contribution in [0.1, 0.15) is 50.0 Å². The Bertz CT molecular complexity index is 475. The predicted octanol–water partition coefficient (Wildman–Crippen LogP) is 4.03. The van der Waals surface area contributed by atoms with Gasteiger partial charge in [0.05, 0.1) is 10.6 Å². The quantitative estimate of drug-likeness (QED) is 0.787. The summed E-state index contributed by atoms with van der Waals surface area (Å²) in [7, 11) is 0. The summed E-state index contributed by atoms with van der Waals surface area (Å²) in [6.07, 6.45) is -3.65. The van der Waals surface area contributed by atoms with Gasteiger partial charge < -0.3 is 4.90 Å². The van der Waals surface area contributed by atoms with Crippen molar-refractivity contribution in [3.63, 3.8) is 0 Å². The zero-order chi connectivity index (χ0) is 15.7. The van der Waals surface area contributed by atoms with E-state index in [2.05, 4.69) is 4.98 Å². The van der Waals surface area contributed by atoms with E-state index < -0.39 is 12.7 Å². The molecule has 0 aliphatic carbocycles.